The number of hydrogen-bond acceptors (Lipinski definition) is 7. The highest BCUT2D eigenvalue weighted by Crippen LogP contribution is 2.25. The standard InChI is InChI=1S/C24H27N7O2S/c1-4-5-11-30-20-21(27-23(30)29-10-6-7-16(25)13-29)28(3)24(33)31(22(20)32)14-19-26-17-12-15(2)8-9-18(17)34-19/h8-9,12,16H,6-7,10-11,13-14,25H2,1-3H3/t16-/m1/s1. The largest absolute Gasteiger partial charge is 0.341 e. The molecule has 0 bridgehead atoms. The van der Waals surface area contributed by atoms with Crippen molar-refractivity contribution >= 4 is 38.7 Å². The maximum absolute atomic E-state index is 13.7. The van der Waals surface area contributed by atoms with Gasteiger partial charge in [-0.05, 0) is 44.4 Å². The quantitative estimate of drug-likeness (QED) is 0.450. The number of nitrogens with zero attached hydrogens (tertiary/aromatic N) is 6. The van der Waals surface area contributed by atoms with Crippen molar-refractivity contribution in [2.24, 2.45) is 12.8 Å². The molecule has 34 heavy (non-hydrogen) atoms. The summed E-state index contributed by atoms with van der Waals surface area (Å²) in [5.41, 5.74) is 8.13. The molecule has 4 heterocycles. The van der Waals surface area contributed by atoms with Gasteiger partial charge in [-0.1, -0.05) is 12.0 Å². The molecule has 3 aromatic heterocycles. The summed E-state index contributed by atoms with van der Waals surface area (Å²) in [6.07, 6.45) is 1.91. The molecule has 176 valence electrons. The minimum absolute atomic E-state index is 0.0439. The SMILES string of the molecule is CC#CCn1c(N2CCC[C@@H](N)C2)nc2c1c(=O)n(Cc1nc3cc(C)ccc3s1)c(=O)n2C. The van der Waals surface area contributed by atoms with E-state index in [1.54, 1.807) is 14.0 Å². The predicted molar refractivity (Wildman–Crippen MR) is 136 cm³/mol. The van der Waals surface area contributed by atoms with E-state index in [2.05, 4.69) is 21.7 Å². The summed E-state index contributed by atoms with van der Waals surface area (Å²) in [6.45, 7) is 5.63. The second-order valence-electron chi connectivity index (χ2n) is 8.76. The summed E-state index contributed by atoms with van der Waals surface area (Å²) in [5, 5.41) is 0.709. The van der Waals surface area contributed by atoms with Gasteiger partial charge in [-0.25, -0.2) is 9.78 Å². The maximum atomic E-state index is 13.7. The second kappa shape index (κ2) is 8.74. The molecule has 4 aromatic rings. The Bertz CT molecular complexity index is 1580. The Balaban J connectivity index is 1.67. The molecule has 0 unspecified atom stereocenters. The van der Waals surface area contributed by atoms with Crippen LogP contribution in [0, 0.1) is 18.8 Å². The van der Waals surface area contributed by atoms with Gasteiger partial charge in [0.15, 0.2) is 11.2 Å². The average Bonchev–Trinajstić information content (AvgIpc) is 3.40. The van der Waals surface area contributed by atoms with Crippen molar-refractivity contribution in [1.82, 2.24) is 23.7 Å². The molecule has 10 heteroatoms. The first kappa shape index (κ1) is 22.4. The number of rotatable bonds is 4. The minimum Gasteiger partial charge on any atom is -0.341 e. The molecule has 1 atom stereocenters. The first-order chi connectivity index (χ1) is 16.4. The highest BCUT2D eigenvalue weighted by atomic mass is 32.1. The van der Waals surface area contributed by atoms with Crippen LogP contribution in [0.25, 0.3) is 21.4 Å². The number of nitrogens with two attached hydrogens (primary N) is 1. The fourth-order valence-corrected chi connectivity index (χ4v) is 5.47. The zero-order chi connectivity index (χ0) is 24.0. The third-order valence-corrected chi connectivity index (χ3v) is 7.27. The van der Waals surface area contributed by atoms with E-state index < -0.39 is 5.69 Å². The van der Waals surface area contributed by atoms with Crippen LogP contribution in [0.15, 0.2) is 27.8 Å². The smallest absolute Gasteiger partial charge is 0.332 e. The highest BCUT2D eigenvalue weighted by Gasteiger charge is 2.26. The summed E-state index contributed by atoms with van der Waals surface area (Å²) in [6, 6.07) is 6.10. The van der Waals surface area contributed by atoms with Gasteiger partial charge in [0, 0.05) is 26.2 Å². The molecule has 9 nitrogen and oxygen atoms in total. The maximum Gasteiger partial charge on any atom is 0.332 e. The fourth-order valence-electron chi connectivity index (χ4n) is 4.53. The van der Waals surface area contributed by atoms with Crippen molar-refractivity contribution in [3.8, 4) is 11.8 Å². The third kappa shape index (κ3) is 3.81. The van der Waals surface area contributed by atoms with E-state index in [9.17, 15) is 9.59 Å². The molecule has 5 rings (SSSR count). The number of hydrogen-bond donors (Lipinski definition) is 1. The van der Waals surface area contributed by atoms with Gasteiger partial charge in [-0.15, -0.1) is 17.3 Å². The van der Waals surface area contributed by atoms with Crippen LogP contribution >= 0.6 is 11.3 Å². The third-order valence-electron chi connectivity index (χ3n) is 6.25. The zero-order valence-electron chi connectivity index (χ0n) is 19.5. The van der Waals surface area contributed by atoms with Crippen LogP contribution in [-0.2, 0) is 20.1 Å². The molecule has 1 fully saturated rings. The summed E-state index contributed by atoms with van der Waals surface area (Å²) < 4.78 is 5.54. The lowest BCUT2D eigenvalue weighted by molar-refractivity contribution is 0.496. The first-order valence-electron chi connectivity index (χ1n) is 11.3. The Morgan fingerprint density at radius 1 is 1.24 bits per heavy atom. The molecule has 0 radical (unpaired) electrons. The van der Waals surface area contributed by atoms with Crippen LogP contribution in [0.4, 0.5) is 5.95 Å². The Morgan fingerprint density at radius 2 is 2.06 bits per heavy atom. The lowest BCUT2D eigenvalue weighted by Gasteiger charge is -2.31. The number of benzene rings is 1. The summed E-state index contributed by atoms with van der Waals surface area (Å²) >= 11 is 1.49. The van der Waals surface area contributed by atoms with Gasteiger partial charge in [-0.2, -0.15) is 4.98 Å². The molecule has 1 saturated heterocycles. The van der Waals surface area contributed by atoms with E-state index in [1.165, 1.54) is 20.5 Å². The number of fused-ring (bicyclic) bond motifs is 2. The summed E-state index contributed by atoms with van der Waals surface area (Å²) in [7, 11) is 1.65. The number of aryl methyl sites for hydroxylation is 2. The first-order valence-corrected chi connectivity index (χ1v) is 12.1. The van der Waals surface area contributed by atoms with Crippen molar-refractivity contribution in [1.29, 1.82) is 0 Å². The van der Waals surface area contributed by atoms with E-state index in [4.69, 9.17) is 10.7 Å². The Morgan fingerprint density at radius 3 is 2.82 bits per heavy atom. The summed E-state index contributed by atoms with van der Waals surface area (Å²) in [5.74, 6) is 6.59. The van der Waals surface area contributed by atoms with Crippen LogP contribution < -0.4 is 21.9 Å². The van der Waals surface area contributed by atoms with Crippen LogP contribution in [-0.4, -0.2) is 42.8 Å². The Labute approximate surface area is 200 Å². The van der Waals surface area contributed by atoms with Crippen molar-refractivity contribution in [3.63, 3.8) is 0 Å². The topological polar surface area (TPSA) is 104 Å². The molecule has 0 spiro atoms. The van der Waals surface area contributed by atoms with Gasteiger partial charge < -0.3 is 10.6 Å². The molecule has 0 amide bonds. The lowest BCUT2D eigenvalue weighted by Crippen LogP contribution is -2.44. The van der Waals surface area contributed by atoms with Crippen molar-refractivity contribution in [2.75, 3.05) is 18.0 Å². The average molecular weight is 478 g/mol. The lowest BCUT2D eigenvalue weighted by atomic mass is 10.1. The van der Waals surface area contributed by atoms with Crippen LogP contribution in [0.3, 0.4) is 0 Å². The van der Waals surface area contributed by atoms with Crippen molar-refractivity contribution in [2.45, 2.75) is 45.8 Å². The number of imidazole rings is 1. The second-order valence-corrected chi connectivity index (χ2v) is 9.87. The molecular formula is C24H27N7O2S. The van der Waals surface area contributed by atoms with Gasteiger partial charge in [0.25, 0.3) is 5.56 Å². The fraction of sp³-hybridized carbons (Fsp3) is 0.417. The predicted octanol–water partition coefficient (Wildman–Crippen LogP) is 1.81. The molecule has 0 aliphatic carbocycles. The van der Waals surface area contributed by atoms with Gasteiger partial charge in [0.2, 0.25) is 5.95 Å². The molecule has 1 aliphatic rings. The molecule has 1 aromatic carbocycles. The normalized spacial score (nSPS) is 16.2. The Kier molecular flexibility index (Phi) is 5.75. The van der Waals surface area contributed by atoms with Gasteiger partial charge in [0.05, 0.1) is 23.3 Å². The number of aromatic nitrogens is 5. The molecule has 1 aliphatic heterocycles. The molecule has 0 saturated carbocycles. The zero-order valence-corrected chi connectivity index (χ0v) is 20.4. The van der Waals surface area contributed by atoms with E-state index in [1.807, 2.05) is 29.7 Å². The van der Waals surface area contributed by atoms with Gasteiger partial charge in [-0.3, -0.25) is 18.5 Å². The number of thiazole rings is 1. The van der Waals surface area contributed by atoms with E-state index in [0.717, 1.165) is 35.2 Å². The monoisotopic (exact) mass is 477 g/mol. The summed E-state index contributed by atoms with van der Waals surface area (Å²) in [4.78, 5) is 38.4. The van der Waals surface area contributed by atoms with E-state index in [0.29, 0.717) is 35.2 Å². The number of piperidine rings is 1. The number of anilines is 1. The van der Waals surface area contributed by atoms with Crippen LogP contribution in [0.5, 0.6) is 0 Å². The molecular weight excluding hydrogens is 450 g/mol. The van der Waals surface area contributed by atoms with E-state index >= 15 is 0 Å². The highest BCUT2D eigenvalue weighted by molar-refractivity contribution is 7.18. The molecule has 2 N–H and O–H groups in total. The van der Waals surface area contributed by atoms with Gasteiger partial charge in [0.1, 0.15) is 5.01 Å². The van der Waals surface area contributed by atoms with Crippen molar-refractivity contribution < 1.29 is 0 Å². The van der Waals surface area contributed by atoms with Crippen molar-refractivity contribution in [3.05, 3.63) is 49.6 Å². The van der Waals surface area contributed by atoms with Gasteiger partial charge >= 0.3 is 5.69 Å². The van der Waals surface area contributed by atoms with Crippen LogP contribution in [0.1, 0.15) is 30.3 Å². The van der Waals surface area contributed by atoms with E-state index in [-0.39, 0.29) is 18.1 Å². The Hall–Kier alpha value is -3.42. The van der Waals surface area contributed by atoms with Crippen LogP contribution in [0.2, 0.25) is 0 Å². The minimum atomic E-state index is -0.416.